The van der Waals surface area contributed by atoms with E-state index in [1.807, 2.05) is 32.0 Å². The number of nitrogens with zero attached hydrogens (tertiary/aromatic N) is 2. The van der Waals surface area contributed by atoms with Gasteiger partial charge in [0, 0.05) is 22.9 Å². The van der Waals surface area contributed by atoms with Crippen molar-refractivity contribution >= 4 is 17.7 Å². The zero-order chi connectivity index (χ0) is 23.7. The van der Waals surface area contributed by atoms with E-state index in [1.165, 1.54) is 6.07 Å². The van der Waals surface area contributed by atoms with E-state index < -0.39 is 17.8 Å². The molecule has 0 aliphatic rings. The SMILES string of the molecule is CCCC(Oc1cccc(Sc2ccc(C(F)(F)F)cc2C#N)c1)C(=O)NCCN(C)C. The highest BCUT2D eigenvalue weighted by molar-refractivity contribution is 7.99. The molecule has 2 aromatic rings. The van der Waals surface area contributed by atoms with E-state index >= 15 is 0 Å². The zero-order valence-electron chi connectivity index (χ0n) is 18.2. The molecular weight excluding hydrogens is 439 g/mol. The summed E-state index contributed by atoms with van der Waals surface area (Å²) < 4.78 is 44.7. The smallest absolute Gasteiger partial charge is 0.416 e. The Kier molecular flexibility index (Phi) is 9.42. The van der Waals surface area contributed by atoms with E-state index in [0.717, 1.165) is 30.3 Å². The number of benzene rings is 2. The first kappa shape index (κ1) is 25.6. The Morgan fingerprint density at radius 1 is 1.25 bits per heavy atom. The van der Waals surface area contributed by atoms with Gasteiger partial charge in [0.15, 0.2) is 6.10 Å². The molecule has 0 bridgehead atoms. The molecule has 1 atom stereocenters. The molecule has 0 saturated heterocycles. The fraction of sp³-hybridized carbons (Fsp3) is 0.391. The van der Waals surface area contributed by atoms with E-state index in [1.54, 1.807) is 24.3 Å². The van der Waals surface area contributed by atoms with Crippen LogP contribution in [0.1, 0.15) is 30.9 Å². The van der Waals surface area contributed by atoms with Gasteiger partial charge in [0.05, 0.1) is 11.1 Å². The van der Waals surface area contributed by atoms with Crippen molar-refractivity contribution in [3.05, 3.63) is 53.6 Å². The number of hydrogen-bond acceptors (Lipinski definition) is 5. The van der Waals surface area contributed by atoms with Crippen LogP contribution in [-0.2, 0) is 11.0 Å². The van der Waals surface area contributed by atoms with Crippen molar-refractivity contribution in [3.8, 4) is 11.8 Å². The van der Waals surface area contributed by atoms with Crippen LogP contribution in [0.3, 0.4) is 0 Å². The highest BCUT2D eigenvalue weighted by atomic mass is 32.2. The van der Waals surface area contributed by atoms with Gasteiger partial charge in [-0.05, 0) is 56.9 Å². The van der Waals surface area contributed by atoms with Crippen LogP contribution in [0.15, 0.2) is 52.3 Å². The Balaban J connectivity index is 2.14. The lowest BCUT2D eigenvalue weighted by molar-refractivity contribution is -0.137. The van der Waals surface area contributed by atoms with Crippen LogP contribution >= 0.6 is 11.8 Å². The molecule has 1 N–H and O–H groups in total. The number of halogens is 3. The van der Waals surface area contributed by atoms with Crippen LogP contribution in [0.2, 0.25) is 0 Å². The third-order valence-electron chi connectivity index (χ3n) is 4.44. The first-order valence-corrected chi connectivity index (χ1v) is 10.9. The summed E-state index contributed by atoms with van der Waals surface area (Å²) in [4.78, 5) is 15.6. The summed E-state index contributed by atoms with van der Waals surface area (Å²) in [5.41, 5.74) is -0.918. The van der Waals surface area contributed by atoms with Crippen LogP contribution in [0.5, 0.6) is 5.75 Å². The minimum Gasteiger partial charge on any atom is -0.481 e. The lowest BCUT2D eigenvalue weighted by atomic mass is 10.1. The van der Waals surface area contributed by atoms with E-state index in [2.05, 4.69) is 5.32 Å². The predicted octanol–water partition coefficient (Wildman–Crippen LogP) is 4.95. The number of amides is 1. The van der Waals surface area contributed by atoms with Gasteiger partial charge >= 0.3 is 6.18 Å². The van der Waals surface area contributed by atoms with Crippen LogP contribution in [0, 0.1) is 11.3 Å². The van der Waals surface area contributed by atoms with Gasteiger partial charge in [-0.15, -0.1) is 0 Å². The summed E-state index contributed by atoms with van der Waals surface area (Å²) in [5.74, 6) is 0.280. The van der Waals surface area contributed by atoms with Crippen LogP contribution in [0.4, 0.5) is 13.2 Å². The van der Waals surface area contributed by atoms with Gasteiger partial charge in [0.1, 0.15) is 11.8 Å². The first-order chi connectivity index (χ1) is 15.1. The van der Waals surface area contributed by atoms with Crippen molar-refractivity contribution in [2.24, 2.45) is 0 Å². The highest BCUT2D eigenvalue weighted by Crippen LogP contribution is 2.36. The van der Waals surface area contributed by atoms with Gasteiger partial charge in [-0.2, -0.15) is 18.4 Å². The van der Waals surface area contributed by atoms with Crippen LogP contribution in [-0.4, -0.2) is 44.1 Å². The largest absolute Gasteiger partial charge is 0.481 e. The molecule has 0 radical (unpaired) electrons. The Hall–Kier alpha value is -2.70. The lowest BCUT2D eigenvalue weighted by Gasteiger charge is -2.19. The molecule has 0 aliphatic heterocycles. The molecule has 5 nitrogen and oxygen atoms in total. The fourth-order valence-corrected chi connectivity index (χ4v) is 3.73. The molecule has 0 aliphatic carbocycles. The summed E-state index contributed by atoms with van der Waals surface area (Å²) in [6.45, 7) is 3.19. The standard InChI is InChI=1S/C23H26F3N3O2S/c1-4-6-20(22(30)28-11-12-29(2)3)31-18-7-5-8-19(14-18)32-21-10-9-17(23(24,25)26)13-16(21)15-27/h5,7-10,13-14,20H,4,6,11-12H2,1-3H3,(H,28,30). The normalized spacial score (nSPS) is 12.3. The van der Waals surface area contributed by atoms with Gasteiger partial charge in [0.2, 0.25) is 0 Å². The summed E-state index contributed by atoms with van der Waals surface area (Å²) >= 11 is 1.16. The topological polar surface area (TPSA) is 65.4 Å². The molecule has 2 rings (SSSR count). The Bertz CT molecular complexity index is 958. The molecule has 1 amide bonds. The number of likely N-dealkylation sites (N-methyl/N-ethyl adjacent to an activating group) is 1. The van der Waals surface area contributed by atoms with Gasteiger partial charge in [-0.3, -0.25) is 4.79 Å². The molecule has 0 heterocycles. The molecule has 0 saturated carbocycles. The molecule has 172 valence electrons. The van der Waals surface area contributed by atoms with E-state index in [9.17, 15) is 23.2 Å². The summed E-state index contributed by atoms with van der Waals surface area (Å²) in [6.07, 6.45) is -3.85. The zero-order valence-corrected chi connectivity index (χ0v) is 19.0. The lowest BCUT2D eigenvalue weighted by Crippen LogP contribution is -2.41. The number of carbonyl (C=O) groups excluding carboxylic acids is 1. The molecular formula is C23H26F3N3O2S. The van der Waals surface area contributed by atoms with Crippen molar-refractivity contribution in [1.29, 1.82) is 5.26 Å². The van der Waals surface area contributed by atoms with Gasteiger partial charge in [0.25, 0.3) is 5.91 Å². The number of rotatable bonds is 10. The summed E-state index contributed by atoms with van der Waals surface area (Å²) in [5, 5.41) is 12.1. The monoisotopic (exact) mass is 465 g/mol. The predicted molar refractivity (Wildman–Crippen MR) is 118 cm³/mol. The second kappa shape index (κ2) is 11.8. The third kappa shape index (κ3) is 7.77. The van der Waals surface area contributed by atoms with Crippen molar-refractivity contribution in [1.82, 2.24) is 10.2 Å². The van der Waals surface area contributed by atoms with Crippen molar-refractivity contribution in [2.45, 2.75) is 41.8 Å². The fourth-order valence-electron chi connectivity index (χ4n) is 2.81. The second-order valence-corrected chi connectivity index (χ2v) is 8.50. The molecule has 9 heteroatoms. The molecule has 0 fully saturated rings. The van der Waals surface area contributed by atoms with Crippen LogP contribution < -0.4 is 10.1 Å². The van der Waals surface area contributed by atoms with Crippen molar-refractivity contribution in [2.75, 3.05) is 27.2 Å². The molecule has 2 aromatic carbocycles. The highest BCUT2D eigenvalue weighted by Gasteiger charge is 2.31. The summed E-state index contributed by atoms with van der Waals surface area (Å²) in [6, 6.07) is 11.8. The van der Waals surface area contributed by atoms with Gasteiger partial charge in [-0.25, -0.2) is 0 Å². The number of hydrogen-bond donors (Lipinski definition) is 1. The minimum absolute atomic E-state index is 0.0553. The van der Waals surface area contributed by atoms with E-state index in [-0.39, 0.29) is 11.5 Å². The Morgan fingerprint density at radius 2 is 2.00 bits per heavy atom. The maximum Gasteiger partial charge on any atom is 0.416 e. The number of nitriles is 1. The Labute approximate surface area is 190 Å². The van der Waals surface area contributed by atoms with Gasteiger partial charge < -0.3 is 15.0 Å². The van der Waals surface area contributed by atoms with Crippen LogP contribution in [0.25, 0.3) is 0 Å². The Morgan fingerprint density at radius 3 is 2.62 bits per heavy atom. The quantitative estimate of drug-likeness (QED) is 0.538. The molecule has 32 heavy (non-hydrogen) atoms. The number of carbonyl (C=O) groups is 1. The van der Waals surface area contributed by atoms with E-state index in [0.29, 0.717) is 35.1 Å². The maximum absolute atomic E-state index is 12.9. The molecule has 0 aromatic heterocycles. The minimum atomic E-state index is -4.51. The average molecular weight is 466 g/mol. The molecule has 0 spiro atoms. The number of alkyl halides is 3. The maximum atomic E-state index is 12.9. The molecule has 1 unspecified atom stereocenters. The second-order valence-electron chi connectivity index (χ2n) is 7.39. The first-order valence-electron chi connectivity index (χ1n) is 10.1. The average Bonchev–Trinajstić information content (AvgIpc) is 2.73. The van der Waals surface area contributed by atoms with Gasteiger partial charge in [-0.1, -0.05) is 31.2 Å². The number of nitrogens with one attached hydrogen (secondary N) is 1. The number of ether oxygens (including phenoxy) is 1. The third-order valence-corrected chi connectivity index (χ3v) is 5.51. The van der Waals surface area contributed by atoms with Crippen molar-refractivity contribution < 1.29 is 22.7 Å². The summed E-state index contributed by atoms with van der Waals surface area (Å²) in [7, 11) is 3.84. The van der Waals surface area contributed by atoms with E-state index in [4.69, 9.17) is 4.74 Å². The van der Waals surface area contributed by atoms with Crippen molar-refractivity contribution in [3.63, 3.8) is 0 Å².